The van der Waals surface area contributed by atoms with E-state index in [1.807, 2.05) is 15.9 Å². The molecule has 1 unspecified atom stereocenters. The van der Waals surface area contributed by atoms with Gasteiger partial charge < -0.3 is 0 Å². The van der Waals surface area contributed by atoms with E-state index in [-0.39, 0.29) is 6.42 Å². The number of hydrogen-bond acceptors (Lipinski definition) is 0. The quantitative estimate of drug-likeness (QED) is 0.674. The molecule has 0 N–H and O–H groups in total. The largest absolute Gasteiger partial charge is 0.344 e. The molecule has 0 amide bonds. The molecule has 0 aromatic rings. The number of halogens is 5. The highest BCUT2D eigenvalue weighted by Crippen LogP contribution is 2.44. The van der Waals surface area contributed by atoms with Crippen molar-refractivity contribution in [1.82, 2.24) is 0 Å². The molecule has 0 aromatic heterocycles. The Morgan fingerprint density at radius 2 is 1.56 bits per heavy atom. The molecule has 0 saturated heterocycles. The van der Waals surface area contributed by atoms with Gasteiger partial charge >= 0.3 is 4.83 Å². The smallest absolute Gasteiger partial charge is 0.224 e. The molecule has 1 atom stereocenters. The molecule has 0 nitrogen and oxygen atoms in total. The fourth-order valence-electron chi connectivity index (χ4n) is 0.200. The molecule has 0 aliphatic heterocycles. The normalized spacial score (nSPS) is 19.3. The van der Waals surface area contributed by atoms with Crippen LogP contribution in [0.1, 0.15) is 13.3 Å². The highest BCUT2D eigenvalue weighted by atomic mass is 79.9. The second kappa shape index (κ2) is 2.78. The molecule has 9 heavy (non-hydrogen) atoms. The predicted octanol–water partition coefficient (Wildman–Crippen LogP) is 3.44. The lowest BCUT2D eigenvalue weighted by Crippen LogP contribution is -2.31. The summed E-state index contributed by atoms with van der Waals surface area (Å²) in [6.07, 6.45) is -0.286. The standard InChI is InChI=1S/C4H5Br2F3/c1-2-3(5,7)4(6,8)9/h2H2,1H3. The predicted molar refractivity (Wildman–Crippen MR) is 36.9 cm³/mol. The van der Waals surface area contributed by atoms with Gasteiger partial charge in [-0.25, -0.2) is 4.39 Å². The first kappa shape index (κ1) is 9.75. The summed E-state index contributed by atoms with van der Waals surface area (Å²) >= 11 is 4.14. The van der Waals surface area contributed by atoms with E-state index in [0.29, 0.717) is 0 Å². The van der Waals surface area contributed by atoms with Crippen LogP contribution in [0.4, 0.5) is 13.2 Å². The van der Waals surface area contributed by atoms with E-state index in [4.69, 9.17) is 0 Å². The third-order valence-corrected chi connectivity index (χ3v) is 3.08. The maximum absolute atomic E-state index is 12.4. The molecular weight excluding hydrogens is 265 g/mol. The lowest BCUT2D eigenvalue weighted by Gasteiger charge is -2.21. The van der Waals surface area contributed by atoms with Gasteiger partial charge in [-0.3, -0.25) is 0 Å². The Morgan fingerprint density at radius 3 is 1.56 bits per heavy atom. The molecule has 0 aromatic carbocycles. The van der Waals surface area contributed by atoms with Crippen LogP contribution in [0, 0.1) is 0 Å². The van der Waals surface area contributed by atoms with Gasteiger partial charge in [0.05, 0.1) is 0 Å². The molecule has 0 aliphatic rings. The number of hydrogen-bond donors (Lipinski definition) is 0. The zero-order valence-electron chi connectivity index (χ0n) is 4.60. The Balaban J connectivity index is 4.14. The summed E-state index contributed by atoms with van der Waals surface area (Å²) in [5.74, 6) is 0. The Bertz CT molecular complexity index is 96.5. The van der Waals surface area contributed by atoms with Crippen LogP contribution >= 0.6 is 31.9 Å². The molecule has 0 radical (unpaired) electrons. The van der Waals surface area contributed by atoms with Gasteiger partial charge in [-0.1, -0.05) is 6.92 Å². The van der Waals surface area contributed by atoms with Crippen molar-refractivity contribution in [2.45, 2.75) is 22.8 Å². The minimum Gasteiger partial charge on any atom is -0.224 e. The summed E-state index contributed by atoms with van der Waals surface area (Å²) < 4.78 is 33.8. The van der Waals surface area contributed by atoms with Crippen LogP contribution < -0.4 is 0 Å². The van der Waals surface area contributed by atoms with Crippen molar-refractivity contribution < 1.29 is 13.2 Å². The van der Waals surface area contributed by atoms with Gasteiger partial charge in [0.2, 0.25) is 4.58 Å². The number of alkyl halides is 5. The third-order valence-electron chi connectivity index (χ3n) is 0.859. The SMILES string of the molecule is CCC(F)(Br)C(F)(F)Br. The van der Waals surface area contributed by atoms with Crippen LogP contribution in [0.3, 0.4) is 0 Å². The van der Waals surface area contributed by atoms with Gasteiger partial charge in [0.25, 0.3) is 0 Å². The fourth-order valence-corrected chi connectivity index (χ4v) is 0.481. The molecule has 0 aliphatic carbocycles. The van der Waals surface area contributed by atoms with Crippen LogP contribution in [-0.2, 0) is 0 Å². The van der Waals surface area contributed by atoms with Crippen molar-refractivity contribution >= 4 is 31.9 Å². The average Bonchev–Trinajstić information content (AvgIpc) is 1.64. The van der Waals surface area contributed by atoms with E-state index in [9.17, 15) is 13.2 Å². The van der Waals surface area contributed by atoms with Crippen molar-refractivity contribution in [3.05, 3.63) is 0 Å². The topological polar surface area (TPSA) is 0 Å². The van der Waals surface area contributed by atoms with Gasteiger partial charge in [-0.05, 0) is 38.3 Å². The first-order chi connectivity index (χ1) is 3.81. The third kappa shape index (κ3) is 2.45. The fraction of sp³-hybridized carbons (Fsp3) is 1.00. The van der Waals surface area contributed by atoms with E-state index < -0.39 is 9.41 Å². The van der Waals surface area contributed by atoms with Crippen molar-refractivity contribution in [1.29, 1.82) is 0 Å². The Kier molecular flexibility index (Phi) is 3.01. The molecule has 0 heterocycles. The maximum Gasteiger partial charge on any atom is 0.344 e. The van der Waals surface area contributed by atoms with E-state index >= 15 is 0 Å². The number of rotatable bonds is 2. The summed E-state index contributed by atoms with van der Waals surface area (Å²) in [4.78, 5) is -3.49. The van der Waals surface area contributed by atoms with Crippen LogP contribution in [0.15, 0.2) is 0 Å². The minimum atomic E-state index is -3.49. The van der Waals surface area contributed by atoms with Crippen molar-refractivity contribution in [3.8, 4) is 0 Å². The maximum atomic E-state index is 12.4. The molecule has 56 valence electrons. The highest BCUT2D eigenvalue weighted by Gasteiger charge is 2.49. The molecule has 0 saturated carbocycles. The van der Waals surface area contributed by atoms with E-state index in [0.717, 1.165) is 0 Å². The summed E-state index contributed by atoms with van der Waals surface area (Å²) in [6.45, 7) is 1.32. The Hall–Kier alpha value is 0.750. The molecular formula is C4H5Br2F3. The van der Waals surface area contributed by atoms with Crippen molar-refractivity contribution in [3.63, 3.8) is 0 Å². The first-order valence-corrected chi connectivity index (χ1v) is 3.84. The second-order valence-electron chi connectivity index (χ2n) is 1.56. The van der Waals surface area contributed by atoms with Gasteiger partial charge in [-0.15, -0.1) is 0 Å². The van der Waals surface area contributed by atoms with Gasteiger partial charge in [0.1, 0.15) is 0 Å². The summed E-state index contributed by atoms with van der Waals surface area (Å²) in [5.41, 5.74) is 0. The Morgan fingerprint density at radius 1 is 1.22 bits per heavy atom. The lowest BCUT2D eigenvalue weighted by molar-refractivity contribution is 0.00302. The van der Waals surface area contributed by atoms with Crippen molar-refractivity contribution in [2.24, 2.45) is 0 Å². The van der Waals surface area contributed by atoms with E-state index in [1.54, 1.807) is 0 Å². The van der Waals surface area contributed by atoms with Gasteiger partial charge in [0, 0.05) is 0 Å². The molecule has 5 heteroatoms. The highest BCUT2D eigenvalue weighted by molar-refractivity contribution is 9.12. The first-order valence-electron chi connectivity index (χ1n) is 2.26. The average molecular weight is 270 g/mol. The molecule has 0 spiro atoms. The molecule has 0 rings (SSSR count). The summed E-state index contributed by atoms with van der Waals surface area (Å²) in [7, 11) is 0. The van der Waals surface area contributed by atoms with Crippen molar-refractivity contribution in [2.75, 3.05) is 0 Å². The second-order valence-corrected chi connectivity index (χ2v) is 3.81. The minimum absolute atomic E-state index is 0.286. The molecule has 0 fully saturated rings. The van der Waals surface area contributed by atoms with E-state index in [1.165, 1.54) is 6.92 Å². The zero-order chi connectivity index (χ0) is 7.71. The van der Waals surface area contributed by atoms with Crippen LogP contribution in [0.5, 0.6) is 0 Å². The van der Waals surface area contributed by atoms with Crippen LogP contribution in [-0.4, -0.2) is 9.41 Å². The van der Waals surface area contributed by atoms with E-state index in [2.05, 4.69) is 15.9 Å². The van der Waals surface area contributed by atoms with Gasteiger partial charge in [-0.2, -0.15) is 8.78 Å². The summed E-state index contributed by atoms with van der Waals surface area (Å²) in [6, 6.07) is 0. The lowest BCUT2D eigenvalue weighted by atomic mass is 10.3. The summed E-state index contributed by atoms with van der Waals surface area (Å²) in [5, 5.41) is 0. The monoisotopic (exact) mass is 268 g/mol. The zero-order valence-corrected chi connectivity index (χ0v) is 7.77. The van der Waals surface area contributed by atoms with Crippen LogP contribution in [0.25, 0.3) is 0 Å². The Labute approximate surface area is 68.1 Å². The van der Waals surface area contributed by atoms with Gasteiger partial charge in [0.15, 0.2) is 0 Å². The molecule has 0 bridgehead atoms. The van der Waals surface area contributed by atoms with Crippen LogP contribution in [0.2, 0.25) is 0 Å².